The molecule has 2 aromatic rings. The third-order valence-corrected chi connectivity index (χ3v) is 5.07. The van der Waals surface area contributed by atoms with Crippen molar-refractivity contribution in [3.63, 3.8) is 0 Å². The van der Waals surface area contributed by atoms with Crippen LogP contribution in [0.15, 0.2) is 24.3 Å². The van der Waals surface area contributed by atoms with Gasteiger partial charge in [0.1, 0.15) is 0 Å². The maximum atomic E-state index is 11.5. The van der Waals surface area contributed by atoms with Gasteiger partial charge in [-0.25, -0.2) is 0 Å². The van der Waals surface area contributed by atoms with Crippen LogP contribution in [0.1, 0.15) is 29.0 Å². The molecule has 6 heteroatoms. The Morgan fingerprint density at radius 3 is 2.86 bits per heavy atom. The van der Waals surface area contributed by atoms with Crippen molar-refractivity contribution in [1.82, 2.24) is 5.32 Å². The van der Waals surface area contributed by atoms with Gasteiger partial charge in [0.05, 0.1) is 16.8 Å². The number of nitrogens with one attached hydrogen (secondary N) is 2. The standard InChI is InChI=1S/C15H14Cl2N2OS/c1-2-18-15(12-3-4-13(17)21-12)9-5-8-6-14(20)19-11(8)7-10(9)16/h3-5,7,15,18H,2,6H2,1H3,(H,19,20). The van der Waals surface area contributed by atoms with Crippen molar-refractivity contribution < 1.29 is 4.79 Å². The first-order chi connectivity index (χ1) is 10.1. The second-order valence-electron chi connectivity index (χ2n) is 4.89. The molecule has 1 unspecified atom stereocenters. The minimum absolute atomic E-state index is 0.0115. The summed E-state index contributed by atoms with van der Waals surface area (Å²) in [4.78, 5) is 12.6. The lowest BCUT2D eigenvalue weighted by Gasteiger charge is -2.19. The Balaban J connectivity index is 2.04. The molecule has 1 aromatic carbocycles. The van der Waals surface area contributed by atoms with Crippen LogP contribution >= 0.6 is 34.5 Å². The van der Waals surface area contributed by atoms with Gasteiger partial charge in [0, 0.05) is 15.6 Å². The Kier molecular flexibility index (Phi) is 4.22. The van der Waals surface area contributed by atoms with E-state index in [9.17, 15) is 4.79 Å². The molecule has 0 fully saturated rings. The van der Waals surface area contributed by atoms with Crippen molar-refractivity contribution in [2.24, 2.45) is 0 Å². The molecule has 0 aliphatic carbocycles. The zero-order valence-corrected chi connectivity index (χ0v) is 13.7. The molecule has 3 rings (SSSR count). The summed E-state index contributed by atoms with van der Waals surface area (Å²) in [5.74, 6) is 0.0115. The van der Waals surface area contributed by atoms with Gasteiger partial charge in [0.2, 0.25) is 5.91 Å². The van der Waals surface area contributed by atoms with Gasteiger partial charge in [-0.3, -0.25) is 4.79 Å². The first kappa shape index (κ1) is 14.9. The number of halogens is 2. The van der Waals surface area contributed by atoms with Crippen LogP contribution in [0.3, 0.4) is 0 Å². The highest BCUT2D eigenvalue weighted by Crippen LogP contribution is 2.38. The van der Waals surface area contributed by atoms with Crippen LogP contribution in [0.25, 0.3) is 0 Å². The maximum Gasteiger partial charge on any atom is 0.228 e. The molecule has 2 N–H and O–H groups in total. The number of rotatable bonds is 4. The summed E-state index contributed by atoms with van der Waals surface area (Å²) in [5.41, 5.74) is 2.78. The van der Waals surface area contributed by atoms with Gasteiger partial charge in [0.15, 0.2) is 0 Å². The molecule has 1 amide bonds. The zero-order chi connectivity index (χ0) is 15.0. The van der Waals surface area contributed by atoms with Gasteiger partial charge in [-0.05, 0) is 41.9 Å². The lowest BCUT2D eigenvalue weighted by atomic mass is 10.0. The molecule has 0 bridgehead atoms. The van der Waals surface area contributed by atoms with E-state index < -0.39 is 0 Å². The van der Waals surface area contributed by atoms with E-state index >= 15 is 0 Å². The van der Waals surface area contributed by atoms with Crippen molar-refractivity contribution in [2.75, 3.05) is 11.9 Å². The normalized spacial score (nSPS) is 14.9. The summed E-state index contributed by atoms with van der Waals surface area (Å²) >= 11 is 14.0. The molecule has 1 atom stereocenters. The maximum absolute atomic E-state index is 11.5. The number of hydrogen-bond donors (Lipinski definition) is 2. The smallest absolute Gasteiger partial charge is 0.228 e. The van der Waals surface area contributed by atoms with E-state index in [0.717, 1.165) is 32.6 Å². The number of thiophene rings is 1. The number of anilines is 1. The van der Waals surface area contributed by atoms with Gasteiger partial charge >= 0.3 is 0 Å². The summed E-state index contributed by atoms with van der Waals surface area (Å²) in [5, 5.41) is 6.90. The average Bonchev–Trinajstić information content (AvgIpc) is 3.00. The van der Waals surface area contributed by atoms with E-state index in [-0.39, 0.29) is 11.9 Å². The molecule has 0 saturated carbocycles. The summed E-state index contributed by atoms with van der Waals surface area (Å²) in [7, 11) is 0. The van der Waals surface area contributed by atoms with Crippen LogP contribution in [0.2, 0.25) is 9.36 Å². The first-order valence-electron chi connectivity index (χ1n) is 6.69. The van der Waals surface area contributed by atoms with Gasteiger partial charge in [0.25, 0.3) is 0 Å². The molecule has 2 heterocycles. The van der Waals surface area contributed by atoms with Crippen molar-refractivity contribution in [1.29, 1.82) is 0 Å². The molecular formula is C15H14Cl2N2OS. The fourth-order valence-electron chi connectivity index (χ4n) is 2.54. The summed E-state index contributed by atoms with van der Waals surface area (Å²) in [6, 6.07) is 7.72. The van der Waals surface area contributed by atoms with Gasteiger partial charge in [-0.2, -0.15) is 0 Å². The largest absolute Gasteiger partial charge is 0.325 e. The first-order valence-corrected chi connectivity index (χ1v) is 8.26. The molecule has 0 spiro atoms. The van der Waals surface area contributed by atoms with Crippen molar-refractivity contribution in [2.45, 2.75) is 19.4 Å². The number of carbonyl (C=O) groups excluding carboxylic acids is 1. The number of fused-ring (bicyclic) bond motifs is 1. The number of carbonyl (C=O) groups is 1. The lowest BCUT2D eigenvalue weighted by molar-refractivity contribution is -0.115. The molecular weight excluding hydrogens is 327 g/mol. The molecule has 0 radical (unpaired) electrons. The van der Waals surface area contributed by atoms with E-state index in [0.29, 0.717) is 11.4 Å². The molecule has 1 aliphatic rings. The fraction of sp³-hybridized carbons (Fsp3) is 0.267. The van der Waals surface area contributed by atoms with Crippen molar-refractivity contribution in [3.8, 4) is 0 Å². The Morgan fingerprint density at radius 2 is 2.19 bits per heavy atom. The minimum Gasteiger partial charge on any atom is -0.325 e. The van der Waals surface area contributed by atoms with Crippen LogP contribution in [0.4, 0.5) is 5.69 Å². The van der Waals surface area contributed by atoms with E-state index in [1.54, 1.807) is 0 Å². The van der Waals surface area contributed by atoms with Gasteiger partial charge in [-0.15, -0.1) is 11.3 Å². The lowest BCUT2D eigenvalue weighted by Crippen LogP contribution is -2.21. The highest BCUT2D eigenvalue weighted by Gasteiger charge is 2.24. The van der Waals surface area contributed by atoms with Crippen LogP contribution in [-0.2, 0) is 11.2 Å². The number of benzene rings is 1. The van der Waals surface area contributed by atoms with E-state index in [4.69, 9.17) is 23.2 Å². The Hall–Kier alpha value is -1.07. The van der Waals surface area contributed by atoms with Gasteiger partial charge in [-0.1, -0.05) is 30.1 Å². The van der Waals surface area contributed by atoms with E-state index in [2.05, 4.69) is 17.6 Å². The molecule has 21 heavy (non-hydrogen) atoms. The quantitative estimate of drug-likeness (QED) is 0.873. The Morgan fingerprint density at radius 1 is 1.38 bits per heavy atom. The predicted molar refractivity (Wildman–Crippen MR) is 88.6 cm³/mol. The second-order valence-corrected chi connectivity index (χ2v) is 7.04. The second kappa shape index (κ2) is 5.97. The zero-order valence-electron chi connectivity index (χ0n) is 11.4. The molecule has 1 aromatic heterocycles. The Bertz CT molecular complexity index is 699. The minimum atomic E-state index is -0.0130. The highest BCUT2D eigenvalue weighted by atomic mass is 35.5. The number of hydrogen-bond acceptors (Lipinski definition) is 3. The monoisotopic (exact) mass is 340 g/mol. The fourth-order valence-corrected chi connectivity index (χ4v) is 3.97. The summed E-state index contributed by atoms with van der Waals surface area (Å²) in [6.45, 7) is 2.86. The van der Waals surface area contributed by atoms with E-state index in [1.807, 2.05) is 24.3 Å². The Labute approximate surface area is 137 Å². The molecule has 0 saturated heterocycles. The molecule has 1 aliphatic heterocycles. The topological polar surface area (TPSA) is 41.1 Å². The van der Waals surface area contributed by atoms with Crippen LogP contribution < -0.4 is 10.6 Å². The van der Waals surface area contributed by atoms with Gasteiger partial charge < -0.3 is 10.6 Å². The van der Waals surface area contributed by atoms with Crippen molar-refractivity contribution in [3.05, 3.63) is 49.6 Å². The molecule has 110 valence electrons. The third kappa shape index (κ3) is 2.94. The van der Waals surface area contributed by atoms with Crippen LogP contribution in [0, 0.1) is 0 Å². The van der Waals surface area contributed by atoms with Crippen molar-refractivity contribution >= 4 is 46.1 Å². The number of amides is 1. The van der Waals surface area contributed by atoms with E-state index in [1.165, 1.54) is 11.3 Å². The molecule has 3 nitrogen and oxygen atoms in total. The average molecular weight is 341 g/mol. The highest BCUT2D eigenvalue weighted by molar-refractivity contribution is 7.16. The van der Waals surface area contributed by atoms with Crippen LogP contribution in [-0.4, -0.2) is 12.5 Å². The summed E-state index contributed by atoms with van der Waals surface area (Å²) in [6.07, 6.45) is 0.406. The predicted octanol–water partition coefficient (Wildman–Crippen LogP) is 4.25. The summed E-state index contributed by atoms with van der Waals surface area (Å²) < 4.78 is 0.752. The third-order valence-electron chi connectivity index (χ3n) is 3.45. The van der Waals surface area contributed by atoms with Crippen LogP contribution in [0.5, 0.6) is 0 Å². The SMILES string of the molecule is CCNC(c1ccc(Cl)s1)c1cc2c(cc1Cl)NC(=O)C2.